The first kappa shape index (κ1) is 18.1. The molecule has 1 aliphatic heterocycles. The maximum atomic E-state index is 6.68. The number of ether oxygens (including phenoxy) is 2. The third-order valence-corrected chi connectivity index (χ3v) is 8.97. The summed E-state index contributed by atoms with van der Waals surface area (Å²) in [7, 11) is 2.54. The van der Waals surface area contributed by atoms with Crippen molar-refractivity contribution < 1.29 is 18.3 Å². The summed E-state index contributed by atoms with van der Waals surface area (Å²) in [6, 6.07) is 0.891. The Kier molecular flexibility index (Phi) is 6.62. The Morgan fingerprint density at radius 1 is 1.10 bits per heavy atom. The third-order valence-electron chi connectivity index (χ3n) is 4.53. The van der Waals surface area contributed by atoms with Gasteiger partial charge in [-0.15, -0.1) is 0 Å². The Labute approximate surface area is 124 Å². The summed E-state index contributed by atoms with van der Waals surface area (Å²) in [6.07, 6.45) is 4.39. The average Bonchev–Trinajstić information content (AvgIpc) is 2.47. The molecule has 20 heavy (non-hydrogen) atoms. The standard InChI is InChI=1S/C14H31NO4Si/c1-6-9-14(16-3)13(15,19-11-7-2)10-8-12-20(14,17-4)18-5/h6-12,15H2,1-5H3. The monoisotopic (exact) mass is 305 g/mol. The maximum Gasteiger partial charge on any atom is 0.375 e. The molecule has 0 aliphatic carbocycles. The summed E-state index contributed by atoms with van der Waals surface area (Å²) < 4.78 is 23.8. The molecule has 1 heterocycles. The van der Waals surface area contributed by atoms with E-state index in [0.717, 1.165) is 38.1 Å². The van der Waals surface area contributed by atoms with Gasteiger partial charge in [-0.05, 0) is 31.7 Å². The number of hydrogen-bond acceptors (Lipinski definition) is 5. The quantitative estimate of drug-likeness (QED) is 0.551. The lowest BCUT2D eigenvalue weighted by atomic mass is 9.95. The van der Waals surface area contributed by atoms with Crippen LogP contribution in [0, 0.1) is 0 Å². The molecule has 2 N–H and O–H groups in total. The topological polar surface area (TPSA) is 62.9 Å². The van der Waals surface area contributed by atoms with E-state index in [1.54, 1.807) is 21.3 Å². The van der Waals surface area contributed by atoms with E-state index in [1.807, 2.05) is 0 Å². The van der Waals surface area contributed by atoms with Crippen molar-refractivity contribution in [3.63, 3.8) is 0 Å². The lowest BCUT2D eigenvalue weighted by molar-refractivity contribution is -0.189. The summed E-state index contributed by atoms with van der Waals surface area (Å²) in [5, 5.41) is -0.661. The summed E-state index contributed by atoms with van der Waals surface area (Å²) in [5.74, 6) is 0. The van der Waals surface area contributed by atoms with Gasteiger partial charge in [0.15, 0.2) is 5.22 Å². The van der Waals surface area contributed by atoms with Crippen LogP contribution in [-0.2, 0) is 18.3 Å². The molecule has 0 saturated carbocycles. The van der Waals surface area contributed by atoms with Crippen LogP contribution in [0.5, 0.6) is 0 Å². The number of nitrogens with two attached hydrogens (primary N) is 1. The number of rotatable bonds is 8. The molecule has 0 radical (unpaired) electrons. The Morgan fingerprint density at radius 3 is 2.20 bits per heavy atom. The first-order valence-electron chi connectivity index (χ1n) is 7.59. The van der Waals surface area contributed by atoms with Crippen molar-refractivity contribution in [3.05, 3.63) is 0 Å². The molecule has 5 nitrogen and oxygen atoms in total. The molecule has 6 heteroatoms. The maximum absolute atomic E-state index is 6.68. The zero-order valence-corrected chi connectivity index (χ0v) is 14.7. The SMILES string of the molecule is CCCOC1(N)CCC[Si](OC)(OC)C1(CCC)OC. The second kappa shape index (κ2) is 7.33. The first-order valence-corrected chi connectivity index (χ1v) is 9.62. The highest BCUT2D eigenvalue weighted by Gasteiger charge is 2.69. The van der Waals surface area contributed by atoms with Crippen LogP contribution >= 0.6 is 0 Å². The fourth-order valence-electron chi connectivity index (χ4n) is 3.58. The number of methoxy groups -OCH3 is 1. The van der Waals surface area contributed by atoms with Gasteiger partial charge in [0.05, 0.1) is 0 Å². The predicted molar refractivity (Wildman–Crippen MR) is 81.6 cm³/mol. The van der Waals surface area contributed by atoms with Crippen LogP contribution in [0.1, 0.15) is 46.0 Å². The van der Waals surface area contributed by atoms with Crippen molar-refractivity contribution in [2.24, 2.45) is 5.73 Å². The molecule has 0 aromatic heterocycles. The van der Waals surface area contributed by atoms with Gasteiger partial charge in [0.25, 0.3) is 0 Å². The largest absolute Gasteiger partial charge is 0.396 e. The van der Waals surface area contributed by atoms with E-state index in [4.69, 9.17) is 24.1 Å². The van der Waals surface area contributed by atoms with E-state index in [-0.39, 0.29) is 0 Å². The molecular weight excluding hydrogens is 274 g/mol. The highest BCUT2D eigenvalue weighted by molar-refractivity contribution is 6.71. The molecule has 1 fully saturated rings. The fraction of sp³-hybridized carbons (Fsp3) is 1.00. The van der Waals surface area contributed by atoms with E-state index in [1.165, 1.54) is 0 Å². The minimum Gasteiger partial charge on any atom is -0.396 e. The third kappa shape index (κ3) is 2.69. The van der Waals surface area contributed by atoms with E-state index in [9.17, 15) is 0 Å². The normalized spacial score (nSPS) is 33.3. The zero-order valence-electron chi connectivity index (χ0n) is 13.7. The van der Waals surface area contributed by atoms with E-state index in [0.29, 0.717) is 6.61 Å². The van der Waals surface area contributed by atoms with Gasteiger partial charge in [-0.1, -0.05) is 20.3 Å². The van der Waals surface area contributed by atoms with Crippen molar-refractivity contribution in [1.82, 2.24) is 0 Å². The van der Waals surface area contributed by atoms with Crippen LogP contribution < -0.4 is 5.73 Å². The van der Waals surface area contributed by atoms with E-state index in [2.05, 4.69) is 13.8 Å². The molecule has 0 spiro atoms. The van der Waals surface area contributed by atoms with Gasteiger partial charge in [0, 0.05) is 27.9 Å². The van der Waals surface area contributed by atoms with E-state index >= 15 is 0 Å². The highest BCUT2D eigenvalue weighted by Crippen LogP contribution is 2.48. The Morgan fingerprint density at radius 2 is 1.75 bits per heavy atom. The Balaban J connectivity index is 3.26. The Hall–Kier alpha value is 0.0169. The van der Waals surface area contributed by atoms with Gasteiger partial charge in [0.1, 0.15) is 5.72 Å². The highest BCUT2D eigenvalue weighted by atomic mass is 28.4. The van der Waals surface area contributed by atoms with Crippen molar-refractivity contribution in [2.75, 3.05) is 27.9 Å². The van der Waals surface area contributed by atoms with Gasteiger partial charge in [0.2, 0.25) is 0 Å². The first-order chi connectivity index (χ1) is 9.51. The van der Waals surface area contributed by atoms with E-state index < -0.39 is 19.5 Å². The minimum atomic E-state index is -2.59. The van der Waals surface area contributed by atoms with Crippen LogP contribution in [0.3, 0.4) is 0 Å². The summed E-state index contributed by atoms with van der Waals surface area (Å²) in [4.78, 5) is 0. The second-order valence-corrected chi connectivity index (χ2v) is 9.16. The molecule has 2 atom stereocenters. The predicted octanol–water partition coefficient (Wildman–Crippen LogP) is 2.32. The average molecular weight is 305 g/mol. The van der Waals surface area contributed by atoms with Gasteiger partial charge in [-0.25, -0.2) is 0 Å². The van der Waals surface area contributed by atoms with Gasteiger partial charge in [-0.3, -0.25) is 0 Å². The van der Waals surface area contributed by atoms with Gasteiger partial charge in [-0.2, -0.15) is 0 Å². The summed E-state index contributed by atoms with van der Waals surface area (Å²) in [6.45, 7) is 4.83. The molecule has 0 aromatic rings. The molecule has 0 amide bonds. The van der Waals surface area contributed by atoms with Crippen LogP contribution in [-0.4, -0.2) is 47.4 Å². The van der Waals surface area contributed by atoms with Crippen molar-refractivity contribution in [2.45, 2.75) is 62.9 Å². The van der Waals surface area contributed by atoms with Crippen molar-refractivity contribution in [1.29, 1.82) is 0 Å². The molecule has 2 unspecified atom stereocenters. The van der Waals surface area contributed by atoms with Crippen molar-refractivity contribution >= 4 is 8.56 Å². The number of hydrogen-bond donors (Lipinski definition) is 1. The lowest BCUT2D eigenvalue weighted by Crippen LogP contribution is -2.79. The lowest BCUT2D eigenvalue weighted by Gasteiger charge is -2.56. The van der Waals surface area contributed by atoms with Crippen LogP contribution in [0.2, 0.25) is 6.04 Å². The molecule has 0 bridgehead atoms. The van der Waals surface area contributed by atoms with Crippen LogP contribution in [0.25, 0.3) is 0 Å². The molecule has 1 saturated heterocycles. The molecule has 0 aromatic carbocycles. The van der Waals surface area contributed by atoms with Crippen LogP contribution in [0.4, 0.5) is 0 Å². The van der Waals surface area contributed by atoms with Gasteiger partial charge < -0.3 is 24.1 Å². The molecule has 1 aliphatic rings. The minimum absolute atomic E-state index is 0.628. The molecule has 120 valence electrons. The fourth-order valence-corrected chi connectivity index (χ4v) is 7.65. The smallest absolute Gasteiger partial charge is 0.375 e. The molecular formula is C14H31NO4Si. The molecule has 1 rings (SSSR count). The van der Waals surface area contributed by atoms with Crippen molar-refractivity contribution in [3.8, 4) is 0 Å². The van der Waals surface area contributed by atoms with Gasteiger partial charge >= 0.3 is 8.56 Å². The van der Waals surface area contributed by atoms with Crippen LogP contribution in [0.15, 0.2) is 0 Å². The second-order valence-electron chi connectivity index (χ2n) is 5.53. The summed E-state index contributed by atoms with van der Waals surface area (Å²) in [5.41, 5.74) is 5.85. The summed E-state index contributed by atoms with van der Waals surface area (Å²) >= 11 is 0. The Bertz CT molecular complexity index is 301. The zero-order chi connectivity index (χ0) is 15.3.